The van der Waals surface area contributed by atoms with Crippen LogP contribution in [0.2, 0.25) is 0 Å². The van der Waals surface area contributed by atoms with Gasteiger partial charge in [-0.1, -0.05) is 18.2 Å². The number of fused-ring (bicyclic) bond motifs is 1. The highest BCUT2D eigenvalue weighted by atomic mass is 19.1. The van der Waals surface area contributed by atoms with Gasteiger partial charge in [-0.2, -0.15) is 5.10 Å². The van der Waals surface area contributed by atoms with Crippen molar-refractivity contribution in [2.45, 2.75) is 26.3 Å². The van der Waals surface area contributed by atoms with E-state index < -0.39 is 11.7 Å². The van der Waals surface area contributed by atoms with E-state index in [1.165, 1.54) is 24.4 Å². The van der Waals surface area contributed by atoms with Crippen molar-refractivity contribution in [2.75, 3.05) is 19.1 Å². The fourth-order valence-electron chi connectivity index (χ4n) is 3.34. The molecule has 146 valence electrons. The monoisotopic (exact) mass is 381 g/mol. The second-order valence-electron chi connectivity index (χ2n) is 7.33. The van der Waals surface area contributed by atoms with Gasteiger partial charge in [0.1, 0.15) is 11.6 Å². The first-order valence-corrected chi connectivity index (χ1v) is 8.98. The molecule has 1 amide bonds. The number of hydrogen-bond acceptors (Lipinski definition) is 4. The number of hydrazone groups is 1. The van der Waals surface area contributed by atoms with Gasteiger partial charge >= 0.3 is 0 Å². The van der Waals surface area contributed by atoms with E-state index in [1.807, 2.05) is 19.2 Å². The number of rotatable bonds is 4. The highest BCUT2D eigenvalue weighted by molar-refractivity contribution is 5.96. The number of amides is 1. The van der Waals surface area contributed by atoms with Gasteiger partial charge in [0, 0.05) is 29.9 Å². The second-order valence-corrected chi connectivity index (χ2v) is 7.33. The minimum absolute atomic E-state index is 0.0558. The summed E-state index contributed by atoms with van der Waals surface area (Å²) < 4.78 is 19.2. The number of carbonyl (C=O) groups excluding carboxylic acids is 1. The van der Waals surface area contributed by atoms with Crippen LogP contribution < -0.4 is 15.1 Å². The number of methoxy groups -OCH3 is 1. The Morgan fingerprint density at radius 1 is 1.29 bits per heavy atom. The number of hydrogen-bond donors (Lipinski definition) is 1. The molecule has 2 aromatic rings. The maximum Gasteiger partial charge on any atom is 0.274 e. The van der Waals surface area contributed by atoms with Gasteiger partial charge in [-0.3, -0.25) is 4.79 Å². The molecule has 1 N–H and O–H groups in total. The second kappa shape index (κ2) is 7.46. The van der Waals surface area contributed by atoms with Crippen molar-refractivity contribution in [1.29, 1.82) is 0 Å². The lowest BCUT2D eigenvalue weighted by molar-refractivity contribution is 0.0951. The van der Waals surface area contributed by atoms with Crippen LogP contribution >= 0.6 is 0 Å². The van der Waals surface area contributed by atoms with Gasteiger partial charge in [-0.25, -0.2) is 9.82 Å². The highest BCUT2D eigenvalue weighted by Crippen LogP contribution is 2.40. The van der Waals surface area contributed by atoms with E-state index in [-0.39, 0.29) is 11.1 Å². The molecule has 0 saturated heterocycles. The molecule has 0 bridgehead atoms. The maximum absolute atomic E-state index is 13.7. The minimum atomic E-state index is -0.608. The summed E-state index contributed by atoms with van der Waals surface area (Å²) in [6.45, 7) is 6.37. The first-order chi connectivity index (χ1) is 13.2. The standard InChI is InChI=1S/C22H24FN3O2/c1-14-12-22(2,3)26(4)19-11-20(28-5)15(10-17(14)19)13-24-25-21(27)16-8-6-7-9-18(16)23/h6-13H,1-5H3,(H,25,27)/b24-13-. The van der Waals surface area contributed by atoms with Gasteiger partial charge in [-0.15, -0.1) is 0 Å². The predicted molar refractivity (Wildman–Crippen MR) is 111 cm³/mol. The number of nitrogens with zero attached hydrogens (tertiary/aromatic N) is 2. The summed E-state index contributed by atoms with van der Waals surface area (Å²) in [4.78, 5) is 14.3. The summed E-state index contributed by atoms with van der Waals surface area (Å²) in [6.07, 6.45) is 3.72. The molecule has 1 aliphatic heterocycles. The molecule has 2 aromatic carbocycles. The van der Waals surface area contributed by atoms with Crippen molar-refractivity contribution in [1.82, 2.24) is 5.43 Å². The maximum atomic E-state index is 13.7. The predicted octanol–water partition coefficient (Wildman–Crippen LogP) is 4.23. The third-order valence-corrected chi connectivity index (χ3v) is 5.06. The molecule has 0 fully saturated rings. The van der Waals surface area contributed by atoms with Gasteiger partial charge in [-0.05, 0) is 44.5 Å². The molecule has 3 rings (SSSR count). The van der Waals surface area contributed by atoms with Crippen molar-refractivity contribution in [3.8, 4) is 5.75 Å². The first-order valence-electron chi connectivity index (χ1n) is 8.98. The van der Waals surface area contributed by atoms with E-state index in [2.05, 4.69) is 42.3 Å². The molecular weight excluding hydrogens is 357 g/mol. The molecule has 1 aliphatic rings. The number of halogens is 1. The summed E-state index contributed by atoms with van der Waals surface area (Å²) in [5.74, 6) is -0.559. The van der Waals surface area contributed by atoms with Crippen LogP contribution in [0.25, 0.3) is 5.57 Å². The van der Waals surface area contributed by atoms with E-state index in [0.717, 1.165) is 22.4 Å². The van der Waals surface area contributed by atoms with Crippen LogP contribution in [-0.2, 0) is 0 Å². The zero-order valence-corrected chi connectivity index (χ0v) is 16.7. The van der Waals surface area contributed by atoms with E-state index in [4.69, 9.17) is 4.74 Å². The minimum Gasteiger partial charge on any atom is -0.496 e. The van der Waals surface area contributed by atoms with Crippen LogP contribution in [0.3, 0.4) is 0 Å². The van der Waals surface area contributed by atoms with Crippen molar-refractivity contribution in [3.63, 3.8) is 0 Å². The summed E-state index contributed by atoms with van der Waals surface area (Å²) in [5, 5.41) is 3.98. The number of anilines is 1. The van der Waals surface area contributed by atoms with Gasteiger partial charge < -0.3 is 9.64 Å². The summed E-state index contributed by atoms with van der Waals surface area (Å²) in [6, 6.07) is 9.71. The molecule has 0 atom stereocenters. The smallest absolute Gasteiger partial charge is 0.274 e. The molecule has 0 aromatic heterocycles. The van der Waals surface area contributed by atoms with Gasteiger partial charge in [0.05, 0.1) is 24.4 Å². The molecule has 1 heterocycles. The Labute approximate surface area is 164 Å². The molecule has 0 aliphatic carbocycles. The topological polar surface area (TPSA) is 53.9 Å². The van der Waals surface area contributed by atoms with Crippen LogP contribution in [0, 0.1) is 5.82 Å². The van der Waals surface area contributed by atoms with E-state index in [1.54, 1.807) is 13.2 Å². The SMILES string of the molecule is COc1cc2c(cc1/C=N\NC(=O)c1ccccc1F)C(C)=CC(C)(C)N2C. The molecule has 0 unspecified atom stereocenters. The third kappa shape index (κ3) is 3.63. The fraction of sp³-hybridized carbons (Fsp3) is 0.273. The summed E-state index contributed by atoms with van der Waals surface area (Å²) >= 11 is 0. The van der Waals surface area contributed by atoms with Crippen molar-refractivity contribution in [2.24, 2.45) is 5.10 Å². The molecule has 0 spiro atoms. The molecule has 0 saturated carbocycles. The first kappa shape index (κ1) is 19.6. The Morgan fingerprint density at radius 2 is 2.00 bits per heavy atom. The largest absolute Gasteiger partial charge is 0.496 e. The Bertz CT molecular complexity index is 980. The molecular formula is C22H24FN3O2. The van der Waals surface area contributed by atoms with Crippen LogP contribution in [0.5, 0.6) is 5.75 Å². The lowest BCUT2D eigenvalue weighted by Crippen LogP contribution is -2.42. The van der Waals surface area contributed by atoms with E-state index in [0.29, 0.717) is 5.75 Å². The average Bonchev–Trinajstić information content (AvgIpc) is 2.65. The third-order valence-electron chi connectivity index (χ3n) is 5.06. The number of nitrogens with one attached hydrogen (secondary N) is 1. The van der Waals surface area contributed by atoms with Crippen molar-refractivity contribution in [3.05, 3.63) is 65.0 Å². The van der Waals surface area contributed by atoms with Gasteiger partial charge in [0.2, 0.25) is 0 Å². The van der Waals surface area contributed by atoms with Gasteiger partial charge in [0.25, 0.3) is 5.91 Å². The average molecular weight is 381 g/mol. The lowest BCUT2D eigenvalue weighted by Gasteiger charge is -2.40. The highest BCUT2D eigenvalue weighted by Gasteiger charge is 2.29. The Morgan fingerprint density at radius 3 is 2.68 bits per heavy atom. The zero-order chi connectivity index (χ0) is 20.5. The summed E-state index contributed by atoms with van der Waals surface area (Å²) in [5.41, 5.74) is 6.22. The van der Waals surface area contributed by atoms with Crippen molar-refractivity contribution >= 4 is 23.4 Å². The summed E-state index contributed by atoms with van der Waals surface area (Å²) in [7, 11) is 3.64. The Balaban J connectivity index is 1.89. The van der Waals surface area contributed by atoms with Crippen LogP contribution in [0.15, 0.2) is 47.6 Å². The number of carbonyl (C=O) groups is 1. The zero-order valence-electron chi connectivity index (χ0n) is 16.7. The Kier molecular flexibility index (Phi) is 5.23. The fourth-order valence-corrected chi connectivity index (χ4v) is 3.34. The van der Waals surface area contributed by atoms with E-state index in [9.17, 15) is 9.18 Å². The number of ether oxygens (including phenoxy) is 1. The molecule has 5 nitrogen and oxygen atoms in total. The number of likely N-dealkylation sites (N-methyl/N-ethyl adjacent to an activating group) is 1. The molecule has 28 heavy (non-hydrogen) atoms. The van der Waals surface area contributed by atoms with Crippen molar-refractivity contribution < 1.29 is 13.9 Å². The molecule has 0 radical (unpaired) electrons. The van der Waals surface area contributed by atoms with E-state index >= 15 is 0 Å². The van der Waals surface area contributed by atoms with Crippen LogP contribution in [-0.4, -0.2) is 31.8 Å². The van der Waals surface area contributed by atoms with Crippen LogP contribution in [0.4, 0.5) is 10.1 Å². The van der Waals surface area contributed by atoms with Gasteiger partial charge in [0.15, 0.2) is 0 Å². The lowest BCUT2D eigenvalue weighted by atomic mass is 9.88. The molecule has 6 heteroatoms. The quantitative estimate of drug-likeness (QED) is 0.637. The Hall–Kier alpha value is -3.15. The number of allylic oxidation sites excluding steroid dienone is 1. The number of benzene rings is 2. The van der Waals surface area contributed by atoms with Crippen LogP contribution in [0.1, 0.15) is 42.3 Å². The normalized spacial score (nSPS) is 15.2.